The van der Waals surface area contributed by atoms with Crippen LogP contribution in [0.1, 0.15) is 78.3 Å². The molecule has 1 amide bonds. The van der Waals surface area contributed by atoms with E-state index in [1.807, 2.05) is 49.6 Å². The predicted molar refractivity (Wildman–Crippen MR) is 147 cm³/mol. The van der Waals surface area contributed by atoms with Crippen molar-refractivity contribution in [1.82, 2.24) is 14.8 Å². The van der Waals surface area contributed by atoms with Crippen LogP contribution in [0.15, 0.2) is 29.4 Å². The number of ether oxygens (including phenoxy) is 2. The first-order chi connectivity index (χ1) is 17.9. The van der Waals surface area contributed by atoms with Gasteiger partial charge in [-0.1, -0.05) is 35.9 Å². The van der Waals surface area contributed by atoms with E-state index in [2.05, 4.69) is 15.5 Å². The van der Waals surface area contributed by atoms with Crippen LogP contribution in [0.25, 0.3) is 0 Å². The minimum absolute atomic E-state index is 0.149. The first kappa shape index (κ1) is 27.2. The molecule has 1 N–H and O–H groups in total. The number of nitrogens with one attached hydrogen (secondary N) is 1. The smallest absolute Gasteiger partial charge is 0.341 e. The SMILES string of the molecule is CCOC(=O)c1c(NC(=O)CSc2nnc(C(C)Oc3ccc(C)cc3)n2CC)sc2c1CCCCC2. The molecule has 4 rings (SSSR count). The number of benzene rings is 1. The van der Waals surface area contributed by atoms with Crippen LogP contribution in [-0.4, -0.2) is 39.0 Å². The molecule has 8 nitrogen and oxygen atoms in total. The fourth-order valence-corrected chi connectivity index (χ4v) is 6.52. The Morgan fingerprint density at radius 2 is 1.89 bits per heavy atom. The van der Waals surface area contributed by atoms with Gasteiger partial charge in [-0.15, -0.1) is 21.5 Å². The predicted octanol–water partition coefficient (Wildman–Crippen LogP) is 5.98. The average Bonchev–Trinajstić information content (AvgIpc) is 3.37. The lowest BCUT2D eigenvalue weighted by molar-refractivity contribution is -0.113. The van der Waals surface area contributed by atoms with Crippen LogP contribution >= 0.6 is 23.1 Å². The van der Waals surface area contributed by atoms with Crippen molar-refractivity contribution in [3.8, 4) is 5.75 Å². The maximum atomic E-state index is 12.9. The molecule has 0 bridgehead atoms. The molecule has 1 atom stereocenters. The third-order valence-corrected chi connectivity index (χ3v) is 8.42. The van der Waals surface area contributed by atoms with Gasteiger partial charge in [0.05, 0.1) is 17.9 Å². The van der Waals surface area contributed by atoms with E-state index in [1.54, 1.807) is 6.92 Å². The Balaban J connectivity index is 1.43. The molecule has 1 aliphatic rings. The molecule has 3 aromatic rings. The van der Waals surface area contributed by atoms with Gasteiger partial charge in [0.15, 0.2) is 17.1 Å². The minimum atomic E-state index is -0.359. The van der Waals surface area contributed by atoms with E-state index in [-0.39, 0.29) is 23.7 Å². The zero-order valence-electron chi connectivity index (χ0n) is 21.8. The first-order valence-corrected chi connectivity index (χ1v) is 14.6. The van der Waals surface area contributed by atoms with Crippen molar-refractivity contribution >= 4 is 40.0 Å². The van der Waals surface area contributed by atoms with Crippen molar-refractivity contribution in [1.29, 1.82) is 0 Å². The molecule has 2 aromatic heterocycles. The van der Waals surface area contributed by atoms with Gasteiger partial charge in [-0.05, 0) is 71.1 Å². The van der Waals surface area contributed by atoms with E-state index in [0.29, 0.717) is 34.7 Å². The highest BCUT2D eigenvalue weighted by atomic mass is 32.2. The maximum Gasteiger partial charge on any atom is 0.341 e. The summed E-state index contributed by atoms with van der Waals surface area (Å²) in [5, 5.41) is 12.9. The highest BCUT2D eigenvalue weighted by Gasteiger charge is 2.27. The third kappa shape index (κ3) is 6.54. The van der Waals surface area contributed by atoms with Gasteiger partial charge in [0.1, 0.15) is 10.8 Å². The van der Waals surface area contributed by atoms with Crippen molar-refractivity contribution in [3.63, 3.8) is 0 Å². The summed E-state index contributed by atoms with van der Waals surface area (Å²) in [6.45, 7) is 8.73. The number of carbonyl (C=O) groups is 2. The molecule has 37 heavy (non-hydrogen) atoms. The number of aryl methyl sites for hydroxylation is 2. The Kier molecular flexibility index (Phi) is 9.26. The van der Waals surface area contributed by atoms with Crippen molar-refractivity contribution in [2.75, 3.05) is 17.7 Å². The molecular formula is C27H34N4O4S2. The second-order valence-corrected chi connectivity index (χ2v) is 11.0. The maximum absolute atomic E-state index is 12.9. The summed E-state index contributed by atoms with van der Waals surface area (Å²) < 4.78 is 13.4. The van der Waals surface area contributed by atoms with Gasteiger partial charge in [0.25, 0.3) is 0 Å². The zero-order valence-corrected chi connectivity index (χ0v) is 23.5. The normalized spacial score (nSPS) is 13.9. The lowest BCUT2D eigenvalue weighted by Crippen LogP contribution is -2.17. The highest BCUT2D eigenvalue weighted by molar-refractivity contribution is 7.99. The van der Waals surface area contributed by atoms with Gasteiger partial charge in [-0.25, -0.2) is 4.79 Å². The Morgan fingerprint density at radius 3 is 2.62 bits per heavy atom. The van der Waals surface area contributed by atoms with Gasteiger partial charge < -0.3 is 19.4 Å². The summed E-state index contributed by atoms with van der Waals surface area (Å²) in [7, 11) is 0. The molecule has 0 radical (unpaired) electrons. The summed E-state index contributed by atoms with van der Waals surface area (Å²) in [5.41, 5.74) is 2.74. The molecule has 198 valence electrons. The third-order valence-electron chi connectivity index (χ3n) is 6.25. The molecule has 1 aromatic carbocycles. The summed E-state index contributed by atoms with van der Waals surface area (Å²) in [4.78, 5) is 26.9. The van der Waals surface area contributed by atoms with Gasteiger partial charge in [0.2, 0.25) is 5.91 Å². The van der Waals surface area contributed by atoms with Crippen LogP contribution in [0, 0.1) is 6.92 Å². The summed E-state index contributed by atoms with van der Waals surface area (Å²) in [6, 6.07) is 7.89. The van der Waals surface area contributed by atoms with Crippen LogP contribution in [0.5, 0.6) is 5.75 Å². The lowest BCUT2D eigenvalue weighted by Gasteiger charge is -2.15. The van der Waals surface area contributed by atoms with E-state index < -0.39 is 0 Å². The van der Waals surface area contributed by atoms with Crippen LogP contribution < -0.4 is 10.1 Å². The number of carbonyl (C=O) groups excluding carboxylic acids is 2. The average molecular weight is 543 g/mol. The molecule has 0 aliphatic heterocycles. The summed E-state index contributed by atoms with van der Waals surface area (Å²) >= 11 is 2.82. The van der Waals surface area contributed by atoms with Crippen molar-refractivity contribution in [3.05, 3.63) is 51.7 Å². The Labute approximate surface area is 226 Å². The number of hydrogen-bond donors (Lipinski definition) is 1. The van der Waals surface area contributed by atoms with Crippen LogP contribution in [0.2, 0.25) is 0 Å². The Bertz CT molecular complexity index is 1240. The van der Waals surface area contributed by atoms with Crippen molar-refractivity contribution < 1.29 is 19.1 Å². The van der Waals surface area contributed by atoms with Gasteiger partial charge in [-0.2, -0.15) is 0 Å². The Morgan fingerprint density at radius 1 is 1.14 bits per heavy atom. The van der Waals surface area contributed by atoms with E-state index in [4.69, 9.17) is 9.47 Å². The van der Waals surface area contributed by atoms with Crippen LogP contribution in [0.4, 0.5) is 5.00 Å². The topological polar surface area (TPSA) is 95.3 Å². The number of nitrogens with zero attached hydrogens (tertiary/aromatic N) is 3. The van der Waals surface area contributed by atoms with Gasteiger partial charge in [-0.3, -0.25) is 4.79 Å². The molecule has 2 heterocycles. The summed E-state index contributed by atoms with van der Waals surface area (Å²) in [6.07, 6.45) is 4.77. The van der Waals surface area contributed by atoms with E-state index in [1.165, 1.54) is 33.5 Å². The van der Waals surface area contributed by atoms with Crippen LogP contribution in [-0.2, 0) is 28.9 Å². The number of thiophene rings is 1. The number of thioether (sulfide) groups is 1. The highest BCUT2D eigenvalue weighted by Crippen LogP contribution is 2.38. The van der Waals surface area contributed by atoms with Gasteiger partial charge >= 0.3 is 5.97 Å². The van der Waals surface area contributed by atoms with Crippen molar-refractivity contribution in [2.45, 2.75) is 77.6 Å². The number of hydrogen-bond acceptors (Lipinski definition) is 8. The van der Waals surface area contributed by atoms with E-state index in [9.17, 15) is 9.59 Å². The summed E-state index contributed by atoms with van der Waals surface area (Å²) in [5.74, 6) is 1.07. The zero-order chi connectivity index (χ0) is 26.4. The molecule has 0 saturated heterocycles. The van der Waals surface area contributed by atoms with E-state index >= 15 is 0 Å². The molecule has 1 aliphatic carbocycles. The molecule has 10 heteroatoms. The largest absolute Gasteiger partial charge is 0.483 e. The molecular weight excluding hydrogens is 508 g/mol. The van der Waals surface area contributed by atoms with Gasteiger partial charge in [0, 0.05) is 11.4 Å². The number of anilines is 1. The fraction of sp³-hybridized carbons (Fsp3) is 0.481. The Hall–Kier alpha value is -2.85. The number of rotatable bonds is 10. The molecule has 0 spiro atoms. The molecule has 0 saturated carbocycles. The minimum Gasteiger partial charge on any atom is -0.483 e. The monoisotopic (exact) mass is 542 g/mol. The number of esters is 1. The molecule has 0 fully saturated rings. The van der Waals surface area contributed by atoms with Crippen molar-refractivity contribution in [2.24, 2.45) is 0 Å². The second-order valence-electron chi connectivity index (χ2n) is 8.98. The van der Waals surface area contributed by atoms with E-state index in [0.717, 1.165) is 43.4 Å². The second kappa shape index (κ2) is 12.6. The fourth-order valence-electron chi connectivity index (χ4n) is 4.42. The number of amides is 1. The first-order valence-electron chi connectivity index (χ1n) is 12.8. The van der Waals surface area contributed by atoms with Crippen LogP contribution in [0.3, 0.4) is 0 Å². The lowest BCUT2D eigenvalue weighted by atomic mass is 10.1. The number of aromatic nitrogens is 3. The number of fused-ring (bicyclic) bond motifs is 1. The quantitative estimate of drug-likeness (QED) is 0.191. The molecule has 1 unspecified atom stereocenters. The standard InChI is InChI=1S/C27H34N4O4S2/c1-5-31-24(18(4)35-19-14-12-17(3)13-15-19)29-30-27(31)36-16-22(32)28-25-23(26(33)34-6-2)20-10-8-7-9-11-21(20)37-25/h12-15,18H,5-11,16H2,1-4H3,(H,28,32).